The Balaban J connectivity index is 1.89. The van der Waals surface area contributed by atoms with Crippen molar-refractivity contribution < 1.29 is 9.53 Å². The summed E-state index contributed by atoms with van der Waals surface area (Å²) < 4.78 is 5.93. The first-order valence-corrected chi connectivity index (χ1v) is 8.20. The van der Waals surface area contributed by atoms with Gasteiger partial charge in [0, 0.05) is 31.2 Å². The van der Waals surface area contributed by atoms with Crippen LogP contribution in [0.15, 0.2) is 66.4 Å². The van der Waals surface area contributed by atoms with Gasteiger partial charge in [-0.25, -0.2) is 0 Å². The van der Waals surface area contributed by atoms with Gasteiger partial charge in [-0.15, -0.1) is 0 Å². The molecule has 0 aliphatic heterocycles. The molecular weight excluding hydrogens is 326 g/mol. The molecule has 0 unspecified atom stereocenters. The van der Waals surface area contributed by atoms with Crippen molar-refractivity contribution in [3.8, 4) is 11.8 Å². The van der Waals surface area contributed by atoms with Gasteiger partial charge in [-0.2, -0.15) is 5.26 Å². The lowest BCUT2D eigenvalue weighted by atomic mass is 10.1. The minimum Gasteiger partial charge on any atom is -0.488 e. The molecule has 0 radical (unpaired) electrons. The van der Waals surface area contributed by atoms with E-state index in [0.717, 1.165) is 16.5 Å². The van der Waals surface area contributed by atoms with Crippen LogP contribution in [0.2, 0.25) is 0 Å². The van der Waals surface area contributed by atoms with E-state index in [2.05, 4.69) is 4.98 Å². The molecule has 0 spiro atoms. The van der Waals surface area contributed by atoms with Gasteiger partial charge in [0.15, 0.2) is 0 Å². The molecule has 1 aromatic heterocycles. The minimum atomic E-state index is -0.341. The van der Waals surface area contributed by atoms with Gasteiger partial charge >= 0.3 is 0 Å². The zero-order valence-corrected chi connectivity index (χ0v) is 14.7. The molecular formula is C21H19N3O2. The predicted octanol–water partition coefficient (Wildman–Crippen LogP) is 3.90. The number of ketones is 1. The Morgan fingerprint density at radius 1 is 1.19 bits per heavy atom. The summed E-state index contributed by atoms with van der Waals surface area (Å²) in [6, 6.07) is 19.2. The molecule has 0 aliphatic carbocycles. The fraction of sp³-hybridized carbons (Fsp3) is 0.143. The third kappa shape index (κ3) is 3.76. The number of nitrogens with one attached hydrogen (secondary N) is 1. The molecule has 3 rings (SSSR count). The lowest BCUT2D eigenvalue weighted by Gasteiger charge is -2.07. The van der Waals surface area contributed by atoms with E-state index in [0.29, 0.717) is 18.1 Å². The Kier molecular flexibility index (Phi) is 5.04. The van der Waals surface area contributed by atoms with Gasteiger partial charge in [-0.1, -0.05) is 36.4 Å². The molecule has 5 heteroatoms. The smallest absolute Gasteiger partial charge is 0.221 e. The third-order valence-electron chi connectivity index (χ3n) is 3.86. The van der Waals surface area contributed by atoms with Gasteiger partial charge in [0.25, 0.3) is 0 Å². The van der Waals surface area contributed by atoms with Crippen molar-refractivity contribution in [2.75, 3.05) is 14.1 Å². The number of aromatic amines is 1. The minimum absolute atomic E-state index is 0.0771. The van der Waals surface area contributed by atoms with Crippen LogP contribution in [0.4, 0.5) is 0 Å². The maximum Gasteiger partial charge on any atom is 0.221 e. The number of rotatable bonds is 6. The molecule has 0 saturated carbocycles. The van der Waals surface area contributed by atoms with E-state index < -0.39 is 0 Å². The molecule has 0 atom stereocenters. The van der Waals surface area contributed by atoms with Gasteiger partial charge in [-0.05, 0) is 23.8 Å². The Hall–Kier alpha value is -3.52. The van der Waals surface area contributed by atoms with Gasteiger partial charge in [-0.3, -0.25) is 4.79 Å². The van der Waals surface area contributed by atoms with Crippen molar-refractivity contribution in [1.82, 2.24) is 9.88 Å². The SMILES string of the molecule is CN(C)C=C(C#N)C(=O)c1cc2c(OCc3ccccc3)cccc2[nH]1. The van der Waals surface area contributed by atoms with Crippen LogP contribution >= 0.6 is 0 Å². The molecule has 0 aliphatic rings. The summed E-state index contributed by atoms with van der Waals surface area (Å²) in [4.78, 5) is 17.3. The standard InChI is InChI=1S/C21H19N3O2/c1-24(2)13-16(12-22)21(25)19-11-17-18(23-19)9-6-10-20(17)26-14-15-7-4-3-5-8-15/h3-11,13,23H,14H2,1-2H3. The third-order valence-corrected chi connectivity index (χ3v) is 3.86. The maximum absolute atomic E-state index is 12.6. The maximum atomic E-state index is 12.6. The summed E-state index contributed by atoms with van der Waals surface area (Å²) in [5.74, 6) is 0.350. The summed E-state index contributed by atoms with van der Waals surface area (Å²) in [5.41, 5.74) is 2.30. The number of ether oxygens (including phenoxy) is 1. The summed E-state index contributed by atoms with van der Waals surface area (Å²) >= 11 is 0. The van der Waals surface area contributed by atoms with Crippen molar-refractivity contribution in [2.45, 2.75) is 6.61 Å². The second kappa shape index (κ2) is 7.58. The normalized spacial score (nSPS) is 11.2. The highest BCUT2D eigenvalue weighted by Gasteiger charge is 2.16. The van der Waals surface area contributed by atoms with E-state index in [-0.39, 0.29) is 11.4 Å². The number of H-pyrrole nitrogens is 1. The van der Waals surface area contributed by atoms with Crippen LogP contribution in [0.5, 0.6) is 5.75 Å². The first-order valence-electron chi connectivity index (χ1n) is 8.20. The van der Waals surface area contributed by atoms with E-state index in [1.165, 1.54) is 6.20 Å². The van der Waals surface area contributed by atoms with Crippen LogP contribution in [0.3, 0.4) is 0 Å². The quantitative estimate of drug-likeness (QED) is 0.418. The van der Waals surface area contributed by atoms with Crippen LogP contribution in [-0.2, 0) is 6.61 Å². The van der Waals surface area contributed by atoms with Crippen LogP contribution in [0, 0.1) is 11.3 Å². The lowest BCUT2D eigenvalue weighted by Crippen LogP contribution is -2.09. The molecule has 26 heavy (non-hydrogen) atoms. The van der Waals surface area contributed by atoms with E-state index in [9.17, 15) is 10.1 Å². The topological polar surface area (TPSA) is 69.1 Å². The van der Waals surface area contributed by atoms with E-state index >= 15 is 0 Å². The number of hydrogen-bond acceptors (Lipinski definition) is 4. The van der Waals surface area contributed by atoms with Crippen LogP contribution < -0.4 is 4.74 Å². The molecule has 3 aromatic rings. The van der Waals surface area contributed by atoms with Crippen molar-refractivity contribution in [3.63, 3.8) is 0 Å². The van der Waals surface area contributed by atoms with Gasteiger partial charge in [0.2, 0.25) is 5.78 Å². The number of fused-ring (bicyclic) bond motifs is 1. The largest absolute Gasteiger partial charge is 0.488 e. The van der Waals surface area contributed by atoms with Gasteiger partial charge < -0.3 is 14.6 Å². The second-order valence-corrected chi connectivity index (χ2v) is 6.12. The first-order chi connectivity index (χ1) is 12.6. The molecule has 1 heterocycles. The van der Waals surface area contributed by atoms with E-state index in [4.69, 9.17) is 4.74 Å². The monoisotopic (exact) mass is 345 g/mol. The fourth-order valence-corrected chi connectivity index (χ4v) is 2.65. The number of allylic oxidation sites excluding steroid dienone is 1. The number of carbonyl (C=O) groups excluding carboxylic acids is 1. The van der Waals surface area contributed by atoms with Crippen LogP contribution in [-0.4, -0.2) is 29.8 Å². The molecule has 5 nitrogen and oxygen atoms in total. The molecule has 2 aromatic carbocycles. The van der Waals surface area contributed by atoms with E-state index in [1.54, 1.807) is 25.1 Å². The Morgan fingerprint density at radius 3 is 2.65 bits per heavy atom. The number of hydrogen-bond donors (Lipinski definition) is 1. The number of Topliss-reactive ketones (excluding diaryl/α,β-unsaturated/α-hetero) is 1. The number of benzene rings is 2. The van der Waals surface area contributed by atoms with Gasteiger partial charge in [0.1, 0.15) is 24.0 Å². The summed E-state index contributed by atoms with van der Waals surface area (Å²) in [7, 11) is 3.54. The fourth-order valence-electron chi connectivity index (χ4n) is 2.65. The summed E-state index contributed by atoms with van der Waals surface area (Å²) in [6.07, 6.45) is 1.51. The van der Waals surface area contributed by atoms with Crippen molar-refractivity contribution in [3.05, 3.63) is 77.6 Å². The molecule has 0 amide bonds. The number of carbonyl (C=O) groups is 1. The number of aromatic nitrogens is 1. The Labute approximate surface area is 152 Å². The van der Waals surface area contributed by atoms with Crippen molar-refractivity contribution >= 4 is 16.7 Å². The Morgan fingerprint density at radius 2 is 1.96 bits per heavy atom. The van der Waals surface area contributed by atoms with Crippen LogP contribution in [0.25, 0.3) is 10.9 Å². The molecule has 130 valence electrons. The average molecular weight is 345 g/mol. The molecule has 0 saturated heterocycles. The number of nitriles is 1. The second-order valence-electron chi connectivity index (χ2n) is 6.12. The predicted molar refractivity (Wildman–Crippen MR) is 101 cm³/mol. The molecule has 1 N–H and O–H groups in total. The highest BCUT2D eigenvalue weighted by atomic mass is 16.5. The van der Waals surface area contributed by atoms with E-state index in [1.807, 2.05) is 54.6 Å². The van der Waals surface area contributed by atoms with Crippen molar-refractivity contribution in [2.24, 2.45) is 0 Å². The van der Waals surface area contributed by atoms with Crippen molar-refractivity contribution in [1.29, 1.82) is 5.26 Å². The number of nitrogens with zero attached hydrogens (tertiary/aromatic N) is 2. The lowest BCUT2D eigenvalue weighted by molar-refractivity contribution is 0.103. The summed E-state index contributed by atoms with van der Waals surface area (Å²) in [6.45, 7) is 0.443. The highest BCUT2D eigenvalue weighted by Crippen LogP contribution is 2.28. The van der Waals surface area contributed by atoms with Gasteiger partial charge in [0.05, 0.1) is 5.69 Å². The van der Waals surface area contributed by atoms with Crippen LogP contribution in [0.1, 0.15) is 16.1 Å². The highest BCUT2D eigenvalue weighted by molar-refractivity contribution is 6.12. The average Bonchev–Trinajstić information content (AvgIpc) is 3.09. The first kappa shape index (κ1) is 17.3. The molecule has 0 bridgehead atoms. The Bertz CT molecular complexity index is 995. The zero-order chi connectivity index (χ0) is 18.5. The summed E-state index contributed by atoms with van der Waals surface area (Å²) in [5, 5.41) is 10.1. The zero-order valence-electron chi connectivity index (χ0n) is 14.7. The molecule has 0 fully saturated rings.